The molecule has 1 aliphatic carbocycles. The Morgan fingerprint density at radius 2 is 1.96 bits per heavy atom. The fourth-order valence-corrected chi connectivity index (χ4v) is 4.10. The molecular formula is C21H21ClN2O. The van der Waals surface area contributed by atoms with Crippen LogP contribution < -0.4 is 10.2 Å². The minimum Gasteiger partial charge on any atom is -0.378 e. The van der Waals surface area contributed by atoms with Crippen LogP contribution in [-0.4, -0.2) is 13.0 Å². The first-order chi connectivity index (χ1) is 12.0. The normalized spacial score (nSPS) is 23.6. The number of carbonyl (C=O) groups is 1. The van der Waals surface area contributed by atoms with Crippen molar-refractivity contribution in [3.8, 4) is 0 Å². The summed E-state index contributed by atoms with van der Waals surface area (Å²) in [5, 5.41) is 4.47. The van der Waals surface area contributed by atoms with Gasteiger partial charge in [0.1, 0.15) is 0 Å². The predicted octanol–water partition coefficient (Wildman–Crippen LogP) is 5.15. The standard InChI is InChI=1S/C21H21ClN2O/c1-13(25)24(2)16-10-11-20-19(12-16)17-4-3-5-18(17)21(23-20)14-6-8-15(22)9-7-14/h3-4,6-12,17-18,21,23H,5H2,1-2H3. The minimum atomic E-state index is 0.0428. The van der Waals surface area contributed by atoms with Crippen molar-refractivity contribution in [3.05, 3.63) is 70.8 Å². The van der Waals surface area contributed by atoms with E-state index in [1.807, 2.05) is 25.2 Å². The highest BCUT2D eigenvalue weighted by Crippen LogP contribution is 2.50. The monoisotopic (exact) mass is 352 g/mol. The number of nitrogens with zero attached hydrogens (tertiary/aromatic N) is 1. The zero-order valence-corrected chi connectivity index (χ0v) is 15.1. The predicted molar refractivity (Wildman–Crippen MR) is 103 cm³/mol. The quantitative estimate of drug-likeness (QED) is 0.758. The van der Waals surface area contributed by atoms with Crippen molar-refractivity contribution in [1.29, 1.82) is 0 Å². The molecule has 3 nitrogen and oxygen atoms in total. The molecule has 4 heteroatoms. The molecule has 0 radical (unpaired) electrons. The van der Waals surface area contributed by atoms with Crippen LogP contribution in [0.25, 0.3) is 0 Å². The van der Waals surface area contributed by atoms with Crippen molar-refractivity contribution in [2.75, 3.05) is 17.3 Å². The smallest absolute Gasteiger partial charge is 0.223 e. The lowest BCUT2D eigenvalue weighted by atomic mass is 9.77. The van der Waals surface area contributed by atoms with Crippen LogP contribution in [0, 0.1) is 5.92 Å². The molecular weight excluding hydrogens is 332 g/mol. The number of benzene rings is 2. The highest BCUT2D eigenvalue weighted by molar-refractivity contribution is 6.30. The molecule has 1 aliphatic heterocycles. The van der Waals surface area contributed by atoms with Crippen LogP contribution in [0.5, 0.6) is 0 Å². The van der Waals surface area contributed by atoms with E-state index in [9.17, 15) is 4.79 Å². The van der Waals surface area contributed by atoms with Gasteiger partial charge < -0.3 is 10.2 Å². The van der Waals surface area contributed by atoms with Crippen molar-refractivity contribution >= 4 is 28.9 Å². The van der Waals surface area contributed by atoms with Crippen LogP contribution in [-0.2, 0) is 4.79 Å². The second-order valence-electron chi connectivity index (χ2n) is 6.88. The number of hydrogen-bond acceptors (Lipinski definition) is 2. The van der Waals surface area contributed by atoms with E-state index in [2.05, 4.69) is 41.7 Å². The van der Waals surface area contributed by atoms with Crippen LogP contribution in [0.2, 0.25) is 5.02 Å². The highest BCUT2D eigenvalue weighted by Gasteiger charge is 2.38. The number of allylic oxidation sites excluding steroid dienone is 2. The first kappa shape index (κ1) is 16.2. The Labute approximate surface area is 153 Å². The molecule has 1 heterocycles. The molecule has 0 aromatic heterocycles. The van der Waals surface area contributed by atoms with E-state index in [-0.39, 0.29) is 11.9 Å². The summed E-state index contributed by atoms with van der Waals surface area (Å²) in [6, 6.07) is 14.6. The van der Waals surface area contributed by atoms with Gasteiger partial charge in [0.2, 0.25) is 5.91 Å². The van der Waals surface area contributed by atoms with Crippen molar-refractivity contribution in [2.24, 2.45) is 5.92 Å². The molecule has 25 heavy (non-hydrogen) atoms. The molecule has 0 fully saturated rings. The number of nitrogens with one attached hydrogen (secondary N) is 1. The summed E-state index contributed by atoms with van der Waals surface area (Å²) in [5.41, 5.74) is 4.62. The van der Waals surface area contributed by atoms with Crippen LogP contribution in [0.4, 0.5) is 11.4 Å². The topological polar surface area (TPSA) is 32.3 Å². The summed E-state index contributed by atoms with van der Waals surface area (Å²) in [7, 11) is 1.82. The van der Waals surface area contributed by atoms with Crippen molar-refractivity contribution < 1.29 is 4.79 Å². The van der Waals surface area contributed by atoms with Crippen molar-refractivity contribution in [3.63, 3.8) is 0 Å². The third-order valence-corrected chi connectivity index (χ3v) is 5.69. The number of halogens is 1. The second-order valence-corrected chi connectivity index (χ2v) is 7.31. The molecule has 0 saturated carbocycles. The minimum absolute atomic E-state index is 0.0428. The first-order valence-corrected chi connectivity index (χ1v) is 8.99. The molecule has 2 aromatic carbocycles. The zero-order chi connectivity index (χ0) is 17.6. The lowest BCUT2D eigenvalue weighted by molar-refractivity contribution is -0.116. The van der Waals surface area contributed by atoms with Gasteiger partial charge in [0.15, 0.2) is 0 Å². The van der Waals surface area contributed by atoms with Crippen LogP contribution in [0.3, 0.4) is 0 Å². The summed E-state index contributed by atoms with van der Waals surface area (Å²) in [4.78, 5) is 13.4. The van der Waals surface area contributed by atoms with Gasteiger partial charge in [-0.2, -0.15) is 0 Å². The summed E-state index contributed by atoms with van der Waals surface area (Å²) < 4.78 is 0. The molecule has 3 unspecified atom stereocenters. The summed E-state index contributed by atoms with van der Waals surface area (Å²) in [5.74, 6) is 0.894. The van der Waals surface area contributed by atoms with E-state index < -0.39 is 0 Å². The Bertz CT molecular complexity index is 843. The van der Waals surface area contributed by atoms with Crippen LogP contribution >= 0.6 is 11.6 Å². The van der Waals surface area contributed by atoms with E-state index in [4.69, 9.17) is 11.6 Å². The lowest BCUT2D eigenvalue weighted by Gasteiger charge is -2.38. The van der Waals surface area contributed by atoms with Crippen molar-refractivity contribution in [2.45, 2.75) is 25.3 Å². The molecule has 128 valence electrons. The molecule has 1 amide bonds. The van der Waals surface area contributed by atoms with Gasteiger partial charge in [-0.05, 0) is 53.8 Å². The third-order valence-electron chi connectivity index (χ3n) is 5.44. The van der Waals surface area contributed by atoms with Gasteiger partial charge >= 0.3 is 0 Å². The molecule has 3 atom stereocenters. The third kappa shape index (κ3) is 2.83. The van der Waals surface area contributed by atoms with E-state index >= 15 is 0 Å². The molecule has 0 bridgehead atoms. The Morgan fingerprint density at radius 1 is 1.20 bits per heavy atom. The average Bonchev–Trinajstić information content (AvgIpc) is 3.10. The van der Waals surface area contributed by atoms with Crippen molar-refractivity contribution in [1.82, 2.24) is 0 Å². The van der Waals surface area contributed by atoms with Gasteiger partial charge in [0, 0.05) is 36.3 Å². The summed E-state index contributed by atoms with van der Waals surface area (Å²) in [6.45, 7) is 1.59. The van der Waals surface area contributed by atoms with E-state index in [0.29, 0.717) is 11.8 Å². The fraction of sp³-hybridized carbons (Fsp3) is 0.286. The molecule has 2 aliphatic rings. The average molecular weight is 353 g/mol. The maximum atomic E-state index is 11.7. The fourth-order valence-electron chi connectivity index (χ4n) is 3.97. The van der Waals surface area contributed by atoms with Gasteiger partial charge in [-0.25, -0.2) is 0 Å². The second kappa shape index (κ2) is 6.23. The molecule has 0 saturated heterocycles. The zero-order valence-electron chi connectivity index (χ0n) is 14.4. The van der Waals surface area contributed by atoms with Gasteiger partial charge in [-0.3, -0.25) is 4.79 Å². The Kier molecular flexibility index (Phi) is 4.04. The van der Waals surface area contributed by atoms with E-state index in [1.54, 1.807) is 11.8 Å². The number of carbonyl (C=O) groups excluding carboxylic acids is 1. The largest absolute Gasteiger partial charge is 0.378 e. The Balaban J connectivity index is 1.73. The number of amides is 1. The number of rotatable bonds is 2. The highest BCUT2D eigenvalue weighted by atomic mass is 35.5. The van der Waals surface area contributed by atoms with Gasteiger partial charge in [0.05, 0.1) is 6.04 Å². The summed E-state index contributed by atoms with van der Waals surface area (Å²) in [6.07, 6.45) is 5.64. The first-order valence-electron chi connectivity index (χ1n) is 8.61. The van der Waals surface area contributed by atoms with E-state index in [1.165, 1.54) is 11.1 Å². The molecule has 0 spiro atoms. The van der Waals surface area contributed by atoms with Gasteiger partial charge in [-0.1, -0.05) is 35.9 Å². The lowest BCUT2D eigenvalue weighted by Crippen LogP contribution is -2.29. The number of anilines is 2. The van der Waals surface area contributed by atoms with Crippen LogP contribution in [0.1, 0.15) is 36.4 Å². The SMILES string of the molecule is CC(=O)N(C)c1ccc2c(c1)C1C=CCC1C(c1ccc(Cl)cc1)N2. The van der Waals surface area contributed by atoms with E-state index in [0.717, 1.165) is 22.8 Å². The maximum absolute atomic E-state index is 11.7. The number of hydrogen-bond donors (Lipinski definition) is 1. The molecule has 1 N–H and O–H groups in total. The van der Waals surface area contributed by atoms with Gasteiger partial charge in [-0.15, -0.1) is 0 Å². The Morgan fingerprint density at radius 3 is 2.68 bits per heavy atom. The number of fused-ring (bicyclic) bond motifs is 3. The maximum Gasteiger partial charge on any atom is 0.223 e. The molecule has 2 aromatic rings. The summed E-state index contributed by atoms with van der Waals surface area (Å²) >= 11 is 6.05. The van der Waals surface area contributed by atoms with Gasteiger partial charge in [0.25, 0.3) is 0 Å². The molecule has 4 rings (SSSR count). The van der Waals surface area contributed by atoms with Crippen LogP contribution in [0.15, 0.2) is 54.6 Å². The Hall–Kier alpha value is -2.26.